The number of nitrogens with zero attached hydrogens (tertiary/aromatic N) is 4. The first kappa shape index (κ1) is 21.5. The van der Waals surface area contributed by atoms with Gasteiger partial charge in [0, 0.05) is 10.9 Å². The number of aromatic amines is 1. The van der Waals surface area contributed by atoms with Crippen LogP contribution in [-0.2, 0) is 10.3 Å². The van der Waals surface area contributed by atoms with Crippen molar-refractivity contribution >= 4 is 10.9 Å². The molecule has 31 heavy (non-hydrogen) atoms. The maximum Gasteiger partial charge on any atom is 0.258 e. The lowest BCUT2D eigenvalue weighted by Crippen LogP contribution is -3.14. The molecule has 0 aliphatic carbocycles. The molecule has 0 amide bonds. The van der Waals surface area contributed by atoms with Gasteiger partial charge in [-0.25, -0.2) is 4.68 Å². The number of pyridine rings is 1. The molecule has 1 aliphatic rings. The fraction of sp³-hybridized carbons (Fsp3) is 0.545. The molecule has 1 aliphatic heterocycles. The molecule has 3 heterocycles. The Hall–Kier alpha value is -2.78. The summed E-state index contributed by atoms with van der Waals surface area (Å²) in [4.78, 5) is 17.5. The molecule has 166 valence electrons. The van der Waals surface area contributed by atoms with Crippen molar-refractivity contribution in [1.82, 2.24) is 25.2 Å². The highest BCUT2D eigenvalue weighted by Crippen LogP contribution is 2.26. The van der Waals surface area contributed by atoms with Crippen molar-refractivity contribution in [1.29, 1.82) is 0 Å². The second kappa shape index (κ2) is 8.76. The minimum absolute atomic E-state index is 0.121. The minimum atomic E-state index is -0.298. The van der Waals surface area contributed by atoms with Crippen LogP contribution in [0.5, 0.6) is 5.75 Å². The molecule has 2 aromatic heterocycles. The summed E-state index contributed by atoms with van der Waals surface area (Å²) in [7, 11) is 0. The molecule has 0 unspecified atom stereocenters. The van der Waals surface area contributed by atoms with E-state index >= 15 is 0 Å². The Balaban J connectivity index is 1.88. The van der Waals surface area contributed by atoms with Crippen LogP contribution < -0.4 is 15.2 Å². The maximum absolute atomic E-state index is 13.2. The van der Waals surface area contributed by atoms with Gasteiger partial charge in [-0.1, -0.05) is 6.92 Å². The number of tetrazole rings is 1. The van der Waals surface area contributed by atoms with Crippen LogP contribution in [0.25, 0.3) is 10.9 Å². The van der Waals surface area contributed by atoms with Gasteiger partial charge < -0.3 is 19.4 Å². The summed E-state index contributed by atoms with van der Waals surface area (Å²) >= 11 is 0. The Morgan fingerprint density at radius 1 is 1.26 bits per heavy atom. The lowest BCUT2D eigenvalue weighted by molar-refractivity contribution is -0.934. The Labute approximate surface area is 181 Å². The number of quaternary nitrogens is 1. The van der Waals surface area contributed by atoms with Gasteiger partial charge in [-0.05, 0) is 61.9 Å². The second-order valence-corrected chi connectivity index (χ2v) is 8.55. The highest BCUT2D eigenvalue weighted by atomic mass is 16.5. The first-order valence-electron chi connectivity index (χ1n) is 11.0. The van der Waals surface area contributed by atoms with Crippen LogP contribution in [0.2, 0.25) is 0 Å². The average molecular weight is 428 g/mol. The van der Waals surface area contributed by atoms with Gasteiger partial charge in [0.15, 0.2) is 6.04 Å². The zero-order chi connectivity index (χ0) is 22.0. The predicted octanol–water partition coefficient (Wildman–Crippen LogP) is 1.06. The number of aromatic nitrogens is 5. The van der Waals surface area contributed by atoms with Crippen LogP contribution in [0.4, 0.5) is 0 Å². The summed E-state index contributed by atoms with van der Waals surface area (Å²) < 4.78 is 13.1. The Bertz CT molecular complexity index is 1100. The smallest absolute Gasteiger partial charge is 0.258 e. The molecule has 0 radical (unpaired) electrons. The van der Waals surface area contributed by atoms with E-state index < -0.39 is 0 Å². The molecule has 3 aromatic rings. The van der Waals surface area contributed by atoms with E-state index in [9.17, 15) is 4.79 Å². The van der Waals surface area contributed by atoms with Crippen LogP contribution in [0.3, 0.4) is 0 Å². The van der Waals surface area contributed by atoms with E-state index in [0.29, 0.717) is 31.2 Å². The van der Waals surface area contributed by atoms with Gasteiger partial charge in [-0.2, -0.15) is 0 Å². The van der Waals surface area contributed by atoms with Gasteiger partial charge in [-0.15, -0.1) is 5.10 Å². The first-order chi connectivity index (χ1) is 14.9. The van der Waals surface area contributed by atoms with Crippen LogP contribution >= 0.6 is 0 Å². The van der Waals surface area contributed by atoms with Crippen molar-refractivity contribution in [2.45, 2.75) is 45.7 Å². The van der Waals surface area contributed by atoms with E-state index in [1.54, 1.807) is 0 Å². The lowest BCUT2D eigenvalue weighted by Gasteiger charge is -2.32. The Morgan fingerprint density at radius 3 is 2.74 bits per heavy atom. The van der Waals surface area contributed by atoms with E-state index in [-0.39, 0.29) is 17.1 Å². The monoisotopic (exact) mass is 427 g/mol. The number of ether oxygens (including phenoxy) is 2. The number of benzene rings is 1. The van der Waals surface area contributed by atoms with Crippen LogP contribution in [0, 0.1) is 0 Å². The SMILES string of the molecule is CCOc1ccc2[nH]c(=O)c([C@@H](c3nnnn3C(C)(C)CC)[NH+]3CCOCC3)cc2c1. The highest BCUT2D eigenvalue weighted by molar-refractivity contribution is 5.80. The van der Waals surface area contributed by atoms with Gasteiger partial charge >= 0.3 is 0 Å². The zero-order valence-electron chi connectivity index (χ0n) is 18.6. The second-order valence-electron chi connectivity index (χ2n) is 8.55. The van der Waals surface area contributed by atoms with Crippen LogP contribution in [0.15, 0.2) is 29.1 Å². The molecule has 0 saturated carbocycles. The summed E-state index contributed by atoms with van der Waals surface area (Å²) in [6, 6.07) is 7.38. The number of hydrogen-bond acceptors (Lipinski definition) is 6. The largest absolute Gasteiger partial charge is 0.494 e. The fourth-order valence-corrected chi connectivity index (χ4v) is 4.09. The molecule has 1 aromatic carbocycles. The number of morpholine rings is 1. The minimum Gasteiger partial charge on any atom is -0.494 e. The van der Waals surface area contributed by atoms with E-state index in [4.69, 9.17) is 9.47 Å². The van der Waals surface area contributed by atoms with Crippen molar-refractivity contribution in [3.8, 4) is 5.75 Å². The molecule has 1 saturated heterocycles. The van der Waals surface area contributed by atoms with Gasteiger partial charge in [-0.3, -0.25) is 4.79 Å². The van der Waals surface area contributed by atoms with Crippen LogP contribution in [-0.4, -0.2) is 58.1 Å². The number of nitrogens with one attached hydrogen (secondary N) is 2. The van der Waals surface area contributed by atoms with E-state index in [1.165, 1.54) is 4.90 Å². The molecule has 1 fully saturated rings. The zero-order valence-corrected chi connectivity index (χ0v) is 18.6. The van der Waals surface area contributed by atoms with Crippen molar-refractivity contribution in [2.24, 2.45) is 0 Å². The molecule has 2 N–H and O–H groups in total. The standard InChI is InChI=1S/C22H30N6O3/c1-5-22(3,4)28-20(24-25-26-28)19(27-9-11-30-12-10-27)17-14-15-13-16(31-6-2)7-8-18(15)23-21(17)29/h7-8,13-14,19H,5-6,9-12H2,1-4H3,(H,23,29)/p+1/t19-/m0/s1. The van der Waals surface area contributed by atoms with Crippen molar-refractivity contribution in [3.05, 3.63) is 46.0 Å². The average Bonchev–Trinajstić information content (AvgIpc) is 3.26. The van der Waals surface area contributed by atoms with Gasteiger partial charge in [0.2, 0.25) is 5.82 Å². The van der Waals surface area contributed by atoms with Crippen molar-refractivity contribution in [3.63, 3.8) is 0 Å². The van der Waals surface area contributed by atoms with E-state index in [1.807, 2.05) is 35.9 Å². The quantitative estimate of drug-likeness (QED) is 0.585. The Kier molecular flexibility index (Phi) is 6.06. The predicted molar refractivity (Wildman–Crippen MR) is 117 cm³/mol. The fourth-order valence-electron chi connectivity index (χ4n) is 4.09. The third-order valence-electron chi connectivity index (χ3n) is 6.20. The van der Waals surface area contributed by atoms with Gasteiger partial charge in [0.25, 0.3) is 5.56 Å². The van der Waals surface area contributed by atoms with Crippen molar-refractivity contribution in [2.75, 3.05) is 32.9 Å². The van der Waals surface area contributed by atoms with E-state index in [0.717, 1.165) is 36.2 Å². The van der Waals surface area contributed by atoms with Gasteiger partial charge in [0.05, 0.1) is 30.9 Å². The number of fused-ring (bicyclic) bond motifs is 1. The number of hydrogen-bond donors (Lipinski definition) is 2. The van der Waals surface area contributed by atoms with Crippen molar-refractivity contribution < 1.29 is 14.4 Å². The molecular formula is C22H31N6O3+. The summed E-state index contributed by atoms with van der Waals surface area (Å²) in [5.41, 5.74) is 1.04. The molecular weight excluding hydrogens is 396 g/mol. The molecule has 4 rings (SSSR count). The molecule has 9 heteroatoms. The topological polar surface area (TPSA) is 99.4 Å². The number of H-pyrrole nitrogens is 1. The molecule has 0 bridgehead atoms. The number of rotatable bonds is 7. The normalized spacial score (nSPS) is 16.5. The third-order valence-corrected chi connectivity index (χ3v) is 6.20. The third kappa shape index (κ3) is 4.20. The summed E-state index contributed by atoms with van der Waals surface area (Å²) in [5, 5.41) is 13.6. The summed E-state index contributed by atoms with van der Waals surface area (Å²) in [6.07, 6.45) is 0.863. The summed E-state index contributed by atoms with van der Waals surface area (Å²) in [5.74, 6) is 1.48. The Morgan fingerprint density at radius 2 is 2.03 bits per heavy atom. The van der Waals surface area contributed by atoms with Gasteiger partial charge in [0.1, 0.15) is 18.8 Å². The maximum atomic E-state index is 13.2. The lowest BCUT2D eigenvalue weighted by atomic mass is 9.99. The van der Waals surface area contributed by atoms with Crippen LogP contribution in [0.1, 0.15) is 51.5 Å². The highest BCUT2D eigenvalue weighted by Gasteiger charge is 2.37. The molecule has 9 nitrogen and oxygen atoms in total. The summed E-state index contributed by atoms with van der Waals surface area (Å²) in [6.45, 7) is 11.7. The van der Waals surface area contributed by atoms with E-state index in [2.05, 4.69) is 41.3 Å². The first-order valence-corrected chi connectivity index (χ1v) is 11.0. The molecule has 1 atom stereocenters. The molecule has 0 spiro atoms.